The zero-order valence-electron chi connectivity index (χ0n) is 19.5. The van der Waals surface area contributed by atoms with Gasteiger partial charge in [0.05, 0.1) is 16.8 Å². The number of benzene rings is 2. The molecule has 6 heteroatoms. The van der Waals surface area contributed by atoms with E-state index in [-0.39, 0.29) is 11.7 Å². The van der Waals surface area contributed by atoms with Crippen LogP contribution in [-0.4, -0.2) is 55.1 Å². The molecule has 0 atom stereocenters. The van der Waals surface area contributed by atoms with E-state index in [1.807, 2.05) is 4.90 Å². The molecule has 0 N–H and O–H groups in total. The third kappa shape index (κ3) is 4.26. The Labute approximate surface area is 194 Å². The predicted molar refractivity (Wildman–Crippen MR) is 132 cm³/mol. The van der Waals surface area contributed by atoms with E-state index in [0.717, 1.165) is 75.1 Å². The van der Waals surface area contributed by atoms with E-state index < -0.39 is 0 Å². The van der Waals surface area contributed by atoms with Gasteiger partial charge in [0.1, 0.15) is 5.82 Å². The topological polar surface area (TPSA) is 39.7 Å². The molecule has 1 amide bonds. The number of amides is 1. The van der Waals surface area contributed by atoms with E-state index in [4.69, 9.17) is 0 Å². The second kappa shape index (κ2) is 9.00. The molecule has 0 unspecified atom stereocenters. The number of aromatic nitrogens is 1. The van der Waals surface area contributed by atoms with Crippen LogP contribution >= 0.6 is 0 Å². The van der Waals surface area contributed by atoms with Crippen LogP contribution in [-0.2, 0) is 0 Å². The van der Waals surface area contributed by atoms with Gasteiger partial charge in [-0.3, -0.25) is 9.78 Å². The molecule has 172 valence electrons. The number of piperazine rings is 1. The summed E-state index contributed by atoms with van der Waals surface area (Å²) in [4.78, 5) is 24.6. The van der Waals surface area contributed by atoms with Gasteiger partial charge in [0.15, 0.2) is 0 Å². The Morgan fingerprint density at radius 1 is 0.879 bits per heavy atom. The molecule has 2 aliphatic rings. The lowest BCUT2D eigenvalue weighted by atomic mass is 10.0. The maximum absolute atomic E-state index is 14.3. The number of rotatable bonds is 3. The van der Waals surface area contributed by atoms with Crippen molar-refractivity contribution in [1.29, 1.82) is 0 Å². The van der Waals surface area contributed by atoms with Crippen molar-refractivity contribution >= 4 is 28.2 Å². The zero-order valence-corrected chi connectivity index (χ0v) is 19.5. The first kappa shape index (κ1) is 21.7. The van der Waals surface area contributed by atoms with Crippen LogP contribution in [0.5, 0.6) is 0 Å². The average Bonchev–Trinajstić information content (AvgIpc) is 2.83. The summed E-state index contributed by atoms with van der Waals surface area (Å²) in [6, 6.07) is 11.2. The molecule has 0 radical (unpaired) electrons. The van der Waals surface area contributed by atoms with Crippen LogP contribution in [0, 0.1) is 19.7 Å². The first-order valence-electron chi connectivity index (χ1n) is 12.0. The summed E-state index contributed by atoms with van der Waals surface area (Å²) in [7, 11) is 0. The molecule has 2 saturated heterocycles. The summed E-state index contributed by atoms with van der Waals surface area (Å²) in [5.41, 5.74) is 5.95. The SMILES string of the molecule is Cc1ccc(N2CCN(c3c(C(=O)N4CCCCC4)cnc4ccc(F)cc34)CC2)c(C)c1. The summed E-state index contributed by atoms with van der Waals surface area (Å²) in [5.74, 6) is -0.290. The molecule has 0 bridgehead atoms. The van der Waals surface area contributed by atoms with Crippen molar-refractivity contribution in [3.63, 3.8) is 0 Å². The normalized spacial score (nSPS) is 17.0. The second-order valence-corrected chi connectivity index (χ2v) is 9.30. The van der Waals surface area contributed by atoms with E-state index in [2.05, 4.69) is 46.8 Å². The van der Waals surface area contributed by atoms with Gasteiger partial charge in [0.2, 0.25) is 0 Å². The number of hydrogen-bond acceptors (Lipinski definition) is 4. The Bertz CT molecular complexity index is 1180. The van der Waals surface area contributed by atoms with Crippen molar-refractivity contribution in [3.8, 4) is 0 Å². The number of fused-ring (bicyclic) bond motifs is 1. The molecule has 3 aromatic rings. The minimum absolute atomic E-state index is 0.0140. The number of carbonyl (C=O) groups is 1. The monoisotopic (exact) mass is 446 g/mol. The molecule has 0 aliphatic carbocycles. The number of pyridine rings is 1. The molecule has 2 aromatic carbocycles. The standard InChI is InChI=1S/C27H31FN4O/c1-19-6-9-25(20(2)16-19)30-12-14-31(15-13-30)26-22-17-21(28)7-8-24(22)29-18-23(26)27(33)32-10-4-3-5-11-32/h6-9,16-18H,3-5,10-15H2,1-2H3. The predicted octanol–water partition coefficient (Wildman–Crippen LogP) is 4.94. The fourth-order valence-electron chi connectivity index (χ4n) is 5.25. The molecule has 0 spiro atoms. The Balaban J connectivity index is 1.48. The van der Waals surface area contributed by atoms with Crippen LogP contribution < -0.4 is 9.80 Å². The third-order valence-electron chi connectivity index (χ3n) is 6.96. The maximum Gasteiger partial charge on any atom is 0.257 e. The first-order chi connectivity index (χ1) is 16.0. The summed E-state index contributed by atoms with van der Waals surface area (Å²) in [6.45, 7) is 9.06. The molecular formula is C27H31FN4O. The minimum atomic E-state index is -0.304. The van der Waals surface area contributed by atoms with Crippen LogP contribution in [0.3, 0.4) is 0 Å². The number of nitrogens with zero attached hydrogens (tertiary/aromatic N) is 4. The number of anilines is 2. The summed E-state index contributed by atoms with van der Waals surface area (Å²) >= 11 is 0. The van der Waals surface area contributed by atoms with Crippen LogP contribution in [0.25, 0.3) is 10.9 Å². The second-order valence-electron chi connectivity index (χ2n) is 9.30. The summed E-state index contributed by atoms with van der Waals surface area (Å²) < 4.78 is 14.3. The molecule has 5 rings (SSSR count). The maximum atomic E-state index is 14.3. The fourth-order valence-corrected chi connectivity index (χ4v) is 5.25. The number of carbonyl (C=O) groups excluding carboxylic acids is 1. The summed E-state index contributed by atoms with van der Waals surface area (Å²) in [5, 5.41) is 0.720. The van der Waals surface area contributed by atoms with Gasteiger partial charge in [-0.2, -0.15) is 0 Å². The van der Waals surface area contributed by atoms with Crippen LogP contribution in [0.4, 0.5) is 15.8 Å². The van der Waals surface area contributed by atoms with E-state index in [1.165, 1.54) is 28.9 Å². The van der Waals surface area contributed by atoms with E-state index in [1.54, 1.807) is 12.3 Å². The number of aryl methyl sites for hydroxylation is 2. The lowest BCUT2D eigenvalue weighted by molar-refractivity contribution is 0.0724. The minimum Gasteiger partial charge on any atom is -0.368 e. The van der Waals surface area contributed by atoms with E-state index >= 15 is 0 Å². The molecule has 2 fully saturated rings. The smallest absolute Gasteiger partial charge is 0.257 e. The average molecular weight is 447 g/mol. The van der Waals surface area contributed by atoms with Crippen LogP contribution in [0.15, 0.2) is 42.6 Å². The number of likely N-dealkylation sites (tertiary alicyclic amines) is 1. The first-order valence-corrected chi connectivity index (χ1v) is 12.0. The molecule has 0 saturated carbocycles. The molecular weight excluding hydrogens is 415 g/mol. The van der Waals surface area contributed by atoms with E-state index in [9.17, 15) is 9.18 Å². The van der Waals surface area contributed by atoms with Crippen LogP contribution in [0.1, 0.15) is 40.7 Å². The van der Waals surface area contributed by atoms with Gasteiger partial charge in [-0.05, 0) is 62.9 Å². The van der Waals surface area contributed by atoms with Gasteiger partial charge in [-0.1, -0.05) is 17.7 Å². The Kier molecular flexibility index (Phi) is 5.92. The van der Waals surface area contributed by atoms with Crippen molar-refractivity contribution < 1.29 is 9.18 Å². The number of hydrogen-bond donors (Lipinski definition) is 0. The van der Waals surface area contributed by atoms with Crippen molar-refractivity contribution in [3.05, 3.63) is 65.1 Å². The van der Waals surface area contributed by atoms with Gasteiger partial charge < -0.3 is 14.7 Å². The Hall–Kier alpha value is -3.15. The Morgan fingerprint density at radius 2 is 1.61 bits per heavy atom. The number of piperidine rings is 1. The van der Waals surface area contributed by atoms with Crippen LogP contribution in [0.2, 0.25) is 0 Å². The highest BCUT2D eigenvalue weighted by Gasteiger charge is 2.28. The largest absolute Gasteiger partial charge is 0.368 e. The van der Waals surface area contributed by atoms with Gasteiger partial charge in [0, 0.05) is 56.5 Å². The van der Waals surface area contributed by atoms with Gasteiger partial charge in [-0.25, -0.2) is 4.39 Å². The molecule has 5 nitrogen and oxygen atoms in total. The lowest BCUT2D eigenvalue weighted by Crippen LogP contribution is -2.47. The van der Waals surface area contributed by atoms with Gasteiger partial charge in [-0.15, -0.1) is 0 Å². The Morgan fingerprint density at radius 3 is 2.33 bits per heavy atom. The fraction of sp³-hybridized carbons (Fsp3) is 0.407. The lowest BCUT2D eigenvalue weighted by Gasteiger charge is -2.39. The van der Waals surface area contributed by atoms with E-state index in [0.29, 0.717) is 5.56 Å². The van der Waals surface area contributed by atoms with Gasteiger partial charge in [0.25, 0.3) is 5.91 Å². The summed E-state index contributed by atoms with van der Waals surface area (Å²) in [6.07, 6.45) is 4.93. The van der Waals surface area contributed by atoms with Crippen molar-refractivity contribution in [2.75, 3.05) is 49.1 Å². The molecule has 1 aromatic heterocycles. The van der Waals surface area contributed by atoms with Crippen molar-refractivity contribution in [2.45, 2.75) is 33.1 Å². The van der Waals surface area contributed by atoms with Crippen molar-refractivity contribution in [1.82, 2.24) is 9.88 Å². The quantitative estimate of drug-likeness (QED) is 0.571. The highest BCUT2D eigenvalue weighted by Crippen LogP contribution is 2.33. The van der Waals surface area contributed by atoms with Crippen molar-refractivity contribution in [2.24, 2.45) is 0 Å². The zero-order chi connectivity index (χ0) is 22.9. The molecule has 33 heavy (non-hydrogen) atoms. The van der Waals surface area contributed by atoms with Gasteiger partial charge >= 0.3 is 0 Å². The highest BCUT2D eigenvalue weighted by molar-refractivity contribution is 6.07. The third-order valence-corrected chi connectivity index (χ3v) is 6.96. The highest BCUT2D eigenvalue weighted by atomic mass is 19.1. The number of halogens is 1. The molecule has 2 aliphatic heterocycles. The molecule has 3 heterocycles.